The highest BCUT2D eigenvalue weighted by molar-refractivity contribution is 5.98. The quantitative estimate of drug-likeness (QED) is 0.200. The summed E-state index contributed by atoms with van der Waals surface area (Å²) in [7, 11) is 0. The summed E-state index contributed by atoms with van der Waals surface area (Å²) in [6.07, 6.45) is 0. The zero-order chi connectivity index (χ0) is 34.6. The Bertz CT molecular complexity index is 1430. The second kappa shape index (κ2) is 17.8. The van der Waals surface area contributed by atoms with Crippen LogP contribution >= 0.6 is 0 Å². The molecule has 0 aliphatic carbocycles. The maximum atomic E-state index is 12.0. The number of nitrogen functional groups attached to an aromatic ring is 2. The van der Waals surface area contributed by atoms with Crippen LogP contribution in [0, 0.1) is 21.7 Å². The van der Waals surface area contributed by atoms with Gasteiger partial charge in [-0.15, -0.1) is 0 Å². The molecule has 0 bridgehead atoms. The molecule has 20 nitrogen and oxygen atoms in total. The molecule has 48 heavy (non-hydrogen) atoms. The van der Waals surface area contributed by atoms with Crippen LogP contribution in [0.1, 0.15) is 83.1 Å². The minimum Gasteiger partial charge on any atom is -0.412 e. The van der Waals surface area contributed by atoms with Crippen molar-refractivity contribution < 1.29 is 41.1 Å². The standard InChI is InChI=1S/2C14H23N5O3.4H2O/c2*1-13(2,3)10(21)16-7-8(15)17-12(18-9(7)20)19-11(22)14(4,5)6;;;;/h2*1-6H3,(H,16,21)(H4,15,17,18,19,20,22);4*1H2. The van der Waals surface area contributed by atoms with E-state index in [4.69, 9.17) is 11.5 Å². The van der Waals surface area contributed by atoms with Crippen LogP contribution in [0.25, 0.3) is 0 Å². The van der Waals surface area contributed by atoms with E-state index >= 15 is 0 Å². The van der Waals surface area contributed by atoms with Gasteiger partial charge in [-0.1, -0.05) is 83.1 Å². The number of aromatic amines is 2. The highest BCUT2D eigenvalue weighted by Crippen LogP contribution is 2.21. The summed E-state index contributed by atoms with van der Waals surface area (Å²) in [6, 6.07) is 0. The minimum atomic E-state index is -0.683. The largest absolute Gasteiger partial charge is 0.412 e. The predicted octanol–water partition coefficient (Wildman–Crippen LogP) is -0.656. The molecule has 2 heterocycles. The Morgan fingerprint density at radius 2 is 0.688 bits per heavy atom. The molecule has 18 N–H and O–H groups in total. The Hall–Kier alpha value is -4.92. The smallest absolute Gasteiger partial charge is 0.278 e. The number of carbonyl (C=O) groups is 4. The summed E-state index contributed by atoms with van der Waals surface area (Å²) in [6.45, 7) is 20.6. The molecule has 0 atom stereocenters. The first kappa shape index (κ1) is 49.9. The van der Waals surface area contributed by atoms with E-state index in [2.05, 4.69) is 41.2 Å². The Labute approximate surface area is 277 Å². The fourth-order valence-corrected chi connectivity index (χ4v) is 2.53. The van der Waals surface area contributed by atoms with Crippen molar-refractivity contribution in [3.63, 3.8) is 0 Å². The summed E-state index contributed by atoms with van der Waals surface area (Å²) >= 11 is 0. The summed E-state index contributed by atoms with van der Waals surface area (Å²) in [5.74, 6) is -1.80. The number of carbonyl (C=O) groups excluding carboxylic acids is 4. The molecule has 0 aliphatic rings. The second-order valence-corrected chi connectivity index (χ2v) is 14.2. The average molecular weight is 691 g/mol. The minimum absolute atomic E-state index is 0. The Kier molecular flexibility index (Phi) is 18.6. The maximum absolute atomic E-state index is 12.0. The van der Waals surface area contributed by atoms with Gasteiger partial charge < -0.3 is 44.0 Å². The fourth-order valence-electron chi connectivity index (χ4n) is 2.53. The van der Waals surface area contributed by atoms with Crippen LogP contribution in [0.3, 0.4) is 0 Å². The average Bonchev–Trinajstić information content (AvgIpc) is 2.81. The van der Waals surface area contributed by atoms with Crippen molar-refractivity contribution in [2.24, 2.45) is 21.7 Å². The van der Waals surface area contributed by atoms with E-state index in [9.17, 15) is 28.8 Å². The highest BCUT2D eigenvalue weighted by atomic mass is 16.2. The van der Waals surface area contributed by atoms with Crippen LogP contribution in [0.4, 0.5) is 34.9 Å². The molecule has 0 saturated heterocycles. The fraction of sp³-hybridized carbons (Fsp3) is 0.571. The molecule has 2 rings (SSSR count). The number of aromatic nitrogens is 4. The first-order chi connectivity index (χ1) is 19.6. The maximum Gasteiger partial charge on any atom is 0.278 e. The lowest BCUT2D eigenvalue weighted by Gasteiger charge is -2.19. The van der Waals surface area contributed by atoms with Gasteiger partial charge in [-0.05, 0) is 0 Å². The van der Waals surface area contributed by atoms with E-state index < -0.39 is 32.8 Å². The number of hydrogen-bond acceptors (Lipinski definition) is 10. The summed E-state index contributed by atoms with van der Waals surface area (Å²) in [5.41, 5.74) is 7.22. The number of H-pyrrole nitrogens is 2. The molecule has 4 amide bonds. The number of nitrogens with one attached hydrogen (secondary N) is 6. The van der Waals surface area contributed by atoms with Crippen LogP contribution in [0.5, 0.6) is 0 Å². The van der Waals surface area contributed by atoms with Crippen molar-refractivity contribution in [2.45, 2.75) is 83.1 Å². The SMILES string of the molecule is CC(C)(C)C(=O)Nc1nc(N)c(NC(=O)C(C)(C)C)c(=O)[nH]1.CC(C)(C)C(=O)Nc1nc(N)c(NC(=O)C(C)(C)C)c(=O)[nH]1.O.O.O.O. The summed E-state index contributed by atoms with van der Waals surface area (Å²) < 4.78 is 0. The second-order valence-electron chi connectivity index (χ2n) is 14.2. The third-order valence-corrected chi connectivity index (χ3v) is 5.56. The molecule has 0 radical (unpaired) electrons. The van der Waals surface area contributed by atoms with E-state index in [-0.39, 0.29) is 80.4 Å². The molecule has 0 aliphatic heterocycles. The van der Waals surface area contributed by atoms with Crippen LogP contribution < -0.4 is 43.9 Å². The van der Waals surface area contributed by atoms with Gasteiger partial charge in [-0.3, -0.25) is 49.4 Å². The van der Waals surface area contributed by atoms with Crippen molar-refractivity contribution in [1.82, 2.24) is 19.9 Å². The van der Waals surface area contributed by atoms with Crippen molar-refractivity contribution in [3.05, 3.63) is 20.7 Å². The third kappa shape index (κ3) is 14.7. The number of nitrogens with zero attached hydrogens (tertiary/aromatic N) is 2. The molecular weight excluding hydrogens is 636 g/mol. The molecular formula is C28H54N10O10. The van der Waals surface area contributed by atoms with Gasteiger partial charge in [0.25, 0.3) is 11.1 Å². The van der Waals surface area contributed by atoms with Crippen LogP contribution in [0.15, 0.2) is 9.59 Å². The highest BCUT2D eigenvalue weighted by Gasteiger charge is 2.27. The van der Waals surface area contributed by atoms with E-state index in [1.165, 1.54) is 0 Å². The lowest BCUT2D eigenvalue weighted by molar-refractivity contribution is -0.123. The van der Waals surface area contributed by atoms with Crippen molar-refractivity contribution >= 4 is 58.5 Å². The Balaban J connectivity index is -0.000000372. The van der Waals surface area contributed by atoms with Crippen molar-refractivity contribution in [3.8, 4) is 0 Å². The third-order valence-electron chi connectivity index (χ3n) is 5.56. The lowest BCUT2D eigenvalue weighted by atomic mass is 9.95. The Morgan fingerprint density at radius 1 is 0.479 bits per heavy atom. The molecule has 2 aromatic heterocycles. The van der Waals surface area contributed by atoms with Gasteiger partial charge in [0.1, 0.15) is 11.4 Å². The molecule has 0 unspecified atom stereocenters. The van der Waals surface area contributed by atoms with Gasteiger partial charge in [0, 0.05) is 21.7 Å². The van der Waals surface area contributed by atoms with Crippen LogP contribution in [-0.2, 0) is 19.2 Å². The van der Waals surface area contributed by atoms with E-state index in [1.807, 2.05) is 0 Å². The Morgan fingerprint density at radius 3 is 0.875 bits per heavy atom. The molecule has 0 saturated carbocycles. The molecule has 2 aromatic rings. The van der Waals surface area contributed by atoms with Gasteiger partial charge in [-0.25, -0.2) is 0 Å². The van der Waals surface area contributed by atoms with E-state index in [1.54, 1.807) is 83.1 Å². The van der Waals surface area contributed by atoms with Crippen molar-refractivity contribution in [1.29, 1.82) is 0 Å². The summed E-state index contributed by atoms with van der Waals surface area (Å²) in [5, 5.41) is 9.84. The zero-order valence-corrected chi connectivity index (χ0v) is 29.5. The number of anilines is 6. The lowest BCUT2D eigenvalue weighted by Crippen LogP contribution is -2.33. The monoisotopic (exact) mass is 690 g/mol. The molecule has 0 fully saturated rings. The van der Waals surface area contributed by atoms with Gasteiger partial charge in [0.05, 0.1) is 0 Å². The number of hydrogen-bond donors (Lipinski definition) is 8. The first-order valence-electron chi connectivity index (χ1n) is 13.7. The van der Waals surface area contributed by atoms with Gasteiger partial charge in [0.15, 0.2) is 11.6 Å². The summed E-state index contributed by atoms with van der Waals surface area (Å²) in [4.78, 5) is 84.2. The number of rotatable bonds is 4. The topological polar surface area (TPSA) is 386 Å². The number of nitrogens with two attached hydrogens (primary N) is 2. The van der Waals surface area contributed by atoms with Gasteiger partial charge >= 0.3 is 0 Å². The van der Waals surface area contributed by atoms with Crippen LogP contribution in [-0.4, -0.2) is 65.5 Å². The predicted molar refractivity (Wildman–Crippen MR) is 185 cm³/mol. The normalized spacial score (nSPS) is 10.9. The molecule has 0 spiro atoms. The van der Waals surface area contributed by atoms with E-state index in [0.717, 1.165) is 0 Å². The van der Waals surface area contributed by atoms with Crippen molar-refractivity contribution in [2.75, 3.05) is 32.7 Å². The molecule has 20 heteroatoms. The molecule has 0 aromatic carbocycles. The number of amides is 4. The zero-order valence-electron chi connectivity index (χ0n) is 29.5. The van der Waals surface area contributed by atoms with Gasteiger partial charge in [-0.2, -0.15) is 9.97 Å². The molecule has 276 valence electrons. The van der Waals surface area contributed by atoms with Gasteiger partial charge in [0.2, 0.25) is 35.5 Å². The first-order valence-corrected chi connectivity index (χ1v) is 13.7. The van der Waals surface area contributed by atoms with Crippen LogP contribution in [0.2, 0.25) is 0 Å². The van der Waals surface area contributed by atoms with E-state index in [0.29, 0.717) is 0 Å².